The minimum Gasteiger partial charge on any atom is -0.494 e. The highest BCUT2D eigenvalue weighted by atomic mass is 32.2. The maximum absolute atomic E-state index is 12.6. The highest BCUT2D eigenvalue weighted by molar-refractivity contribution is 7.92. The van der Waals surface area contributed by atoms with E-state index in [0.29, 0.717) is 16.8 Å². The fraction of sp³-hybridized carbons (Fsp3) is 0.235. The molecule has 0 spiro atoms. The fourth-order valence-corrected chi connectivity index (χ4v) is 3.76. The van der Waals surface area contributed by atoms with Gasteiger partial charge in [-0.25, -0.2) is 13.2 Å². The van der Waals surface area contributed by atoms with Crippen LogP contribution in [0.1, 0.15) is 5.56 Å². The molecule has 0 amide bonds. The Kier molecular flexibility index (Phi) is 4.08. The van der Waals surface area contributed by atoms with Crippen LogP contribution in [0.2, 0.25) is 0 Å². The molecule has 7 nitrogen and oxygen atoms in total. The summed E-state index contributed by atoms with van der Waals surface area (Å²) in [4.78, 5) is 12.2. The average molecular weight is 361 g/mol. The van der Waals surface area contributed by atoms with Crippen LogP contribution in [0.15, 0.2) is 46.1 Å². The number of methoxy groups -OCH3 is 1. The van der Waals surface area contributed by atoms with Crippen LogP contribution in [-0.4, -0.2) is 24.7 Å². The van der Waals surface area contributed by atoms with Crippen LogP contribution in [0.5, 0.6) is 5.75 Å². The molecule has 0 aliphatic heterocycles. The number of fused-ring (bicyclic) bond motifs is 1. The van der Waals surface area contributed by atoms with Crippen LogP contribution in [-0.2, 0) is 24.1 Å². The molecule has 132 valence electrons. The Hall–Kier alpha value is -2.74. The number of sulfonamides is 1. The number of hydrogen-bond acceptors (Lipinski definition) is 4. The van der Waals surface area contributed by atoms with Crippen LogP contribution in [0.3, 0.4) is 0 Å². The summed E-state index contributed by atoms with van der Waals surface area (Å²) < 4.78 is 36.1. The summed E-state index contributed by atoms with van der Waals surface area (Å²) in [6.45, 7) is 1.89. The van der Waals surface area contributed by atoms with Gasteiger partial charge in [-0.15, -0.1) is 0 Å². The van der Waals surface area contributed by atoms with Gasteiger partial charge in [0.1, 0.15) is 5.75 Å². The third kappa shape index (κ3) is 2.89. The second kappa shape index (κ2) is 5.96. The third-order valence-electron chi connectivity index (χ3n) is 4.17. The van der Waals surface area contributed by atoms with Crippen molar-refractivity contribution >= 4 is 26.7 Å². The normalized spacial score (nSPS) is 11.7. The van der Waals surface area contributed by atoms with Crippen LogP contribution >= 0.6 is 0 Å². The third-order valence-corrected chi connectivity index (χ3v) is 5.55. The Morgan fingerprint density at radius 3 is 2.12 bits per heavy atom. The number of aromatic nitrogens is 2. The first-order chi connectivity index (χ1) is 11.7. The van der Waals surface area contributed by atoms with Gasteiger partial charge in [0, 0.05) is 20.2 Å². The highest BCUT2D eigenvalue weighted by Crippen LogP contribution is 2.31. The zero-order valence-electron chi connectivity index (χ0n) is 14.4. The number of benzene rings is 2. The van der Waals surface area contributed by atoms with E-state index in [0.717, 1.165) is 5.56 Å². The van der Waals surface area contributed by atoms with Crippen molar-refractivity contribution in [3.63, 3.8) is 0 Å². The zero-order chi connectivity index (χ0) is 18.4. The van der Waals surface area contributed by atoms with Crippen molar-refractivity contribution in [1.29, 1.82) is 0 Å². The average Bonchev–Trinajstić information content (AvgIpc) is 2.78. The van der Waals surface area contributed by atoms with Crippen molar-refractivity contribution < 1.29 is 13.2 Å². The molecule has 1 N–H and O–H groups in total. The van der Waals surface area contributed by atoms with E-state index < -0.39 is 10.0 Å². The summed E-state index contributed by atoms with van der Waals surface area (Å²) in [6, 6.07) is 9.79. The van der Waals surface area contributed by atoms with E-state index in [1.807, 2.05) is 6.92 Å². The second-order valence-electron chi connectivity index (χ2n) is 5.86. The molecule has 0 atom stereocenters. The molecule has 0 saturated carbocycles. The van der Waals surface area contributed by atoms with Crippen molar-refractivity contribution in [2.45, 2.75) is 11.8 Å². The van der Waals surface area contributed by atoms with Gasteiger partial charge < -0.3 is 4.74 Å². The monoisotopic (exact) mass is 361 g/mol. The molecule has 0 unspecified atom stereocenters. The summed E-state index contributed by atoms with van der Waals surface area (Å²) >= 11 is 0. The predicted molar refractivity (Wildman–Crippen MR) is 96.7 cm³/mol. The second-order valence-corrected chi connectivity index (χ2v) is 7.54. The lowest BCUT2D eigenvalue weighted by atomic mass is 10.2. The molecule has 0 aliphatic rings. The molecule has 0 bridgehead atoms. The topological polar surface area (TPSA) is 82.3 Å². The molecule has 0 radical (unpaired) electrons. The number of imidazole rings is 1. The molecular formula is C17H19N3O4S. The molecule has 25 heavy (non-hydrogen) atoms. The van der Waals surface area contributed by atoms with E-state index in [1.54, 1.807) is 50.5 Å². The van der Waals surface area contributed by atoms with Crippen LogP contribution in [0.25, 0.3) is 11.0 Å². The van der Waals surface area contributed by atoms with E-state index in [-0.39, 0.29) is 16.3 Å². The largest absolute Gasteiger partial charge is 0.494 e. The first kappa shape index (κ1) is 17.1. The van der Waals surface area contributed by atoms with Gasteiger partial charge in [-0.1, -0.05) is 17.7 Å². The number of nitrogens with zero attached hydrogens (tertiary/aromatic N) is 2. The summed E-state index contributed by atoms with van der Waals surface area (Å²) in [5.41, 5.74) is 2.31. The van der Waals surface area contributed by atoms with Gasteiger partial charge >= 0.3 is 5.69 Å². The Morgan fingerprint density at radius 1 is 1.00 bits per heavy atom. The fourth-order valence-electron chi connectivity index (χ4n) is 2.70. The predicted octanol–water partition coefficient (Wildman–Crippen LogP) is 1.99. The van der Waals surface area contributed by atoms with E-state index >= 15 is 0 Å². The van der Waals surface area contributed by atoms with Gasteiger partial charge in [-0.3, -0.25) is 13.9 Å². The summed E-state index contributed by atoms with van der Waals surface area (Å²) in [7, 11) is 0.966. The van der Waals surface area contributed by atoms with Crippen molar-refractivity contribution in [3.8, 4) is 5.75 Å². The lowest BCUT2D eigenvalue weighted by molar-refractivity contribution is 0.417. The SMILES string of the molecule is COc1cc2c(cc1NS(=O)(=O)c1ccc(C)cc1)n(C)c(=O)n2C. The molecule has 0 aliphatic carbocycles. The maximum atomic E-state index is 12.6. The molecular weight excluding hydrogens is 342 g/mol. The molecule has 1 aromatic heterocycles. The molecule has 0 saturated heterocycles. The molecule has 3 rings (SSSR count). The molecule has 3 aromatic rings. The van der Waals surface area contributed by atoms with Gasteiger partial charge in [0.25, 0.3) is 10.0 Å². The summed E-state index contributed by atoms with van der Waals surface area (Å²) in [5.74, 6) is 0.337. The first-order valence-electron chi connectivity index (χ1n) is 7.57. The van der Waals surface area contributed by atoms with Gasteiger partial charge in [-0.2, -0.15) is 0 Å². The minimum atomic E-state index is -3.77. The molecule has 8 heteroatoms. The smallest absolute Gasteiger partial charge is 0.328 e. The standard InChI is InChI=1S/C17H19N3O4S/c1-11-5-7-12(8-6-11)25(22,23)18-13-9-14-15(10-16(13)24-4)20(3)17(21)19(14)2/h5-10,18H,1-4H3. The van der Waals surface area contributed by atoms with E-state index in [2.05, 4.69) is 4.72 Å². The van der Waals surface area contributed by atoms with Crippen molar-refractivity contribution in [2.24, 2.45) is 14.1 Å². The lowest BCUT2D eigenvalue weighted by Gasteiger charge is -2.13. The minimum absolute atomic E-state index is 0.155. The van der Waals surface area contributed by atoms with Gasteiger partial charge in [0.15, 0.2) is 0 Å². The Bertz CT molecular complexity index is 1110. The van der Waals surface area contributed by atoms with Crippen LogP contribution in [0.4, 0.5) is 5.69 Å². The van der Waals surface area contributed by atoms with E-state index in [4.69, 9.17) is 4.74 Å². The number of anilines is 1. The number of nitrogens with one attached hydrogen (secondary N) is 1. The maximum Gasteiger partial charge on any atom is 0.328 e. The van der Waals surface area contributed by atoms with Crippen LogP contribution < -0.4 is 15.1 Å². The Labute approximate surface area is 145 Å². The number of aryl methyl sites for hydroxylation is 3. The Morgan fingerprint density at radius 2 is 1.56 bits per heavy atom. The first-order valence-corrected chi connectivity index (χ1v) is 9.06. The molecule has 0 fully saturated rings. The number of rotatable bonds is 4. The summed E-state index contributed by atoms with van der Waals surface area (Å²) in [6.07, 6.45) is 0. The number of hydrogen-bond donors (Lipinski definition) is 1. The molecule has 2 aromatic carbocycles. The highest BCUT2D eigenvalue weighted by Gasteiger charge is 2.19. The van der Waals surface area contributed by atoms with Crippen LogP contribution in [0, 0.1) is 6.92 Å². The van der Waals surface area contributed by atoms with Gasteiger partial charge in [-0.05, 0) is 25.1 Å². The van der Waals surface area contributed by atoms with Crippen molar-refractivity contribution in [2.75, 3.05) is 11.8 Å². The quantitative estimate of drug-likeness (QED) is 0.770. The van der Waals surface area contributed by atoms with Gasteiger partial charge in [0.2, 0.25) is 0 Å². The zero-order valence-corrected chi connectivity index (χ0v) is 15.2. The van der Waals surface area contributed by atoms with E-state index in [9.17, 15) is 13.2 Å². The van der Waals surface area contributed by atoms with Crippen molar-refractivity contribution in [1.82, 2.24) is 9.13 Å². The Balaban J connectivity index is 2.13. The molecule has 1 heterocycles. The lowest BCUT2D eigenvalue weighted by Crippen LogP contribution is -2.19. The number of ether oxygens (including phenoxy) is 1. The van der Waals surface area contributed by atoms with E-state index in [1.165, 1.54) is 16.2 Å². The van der Waals surface area contributed by atoms with Gasteiger partial charge in [0.05, 0.1) is 28.7 Å². The van der Waals surface area contributed by atoms with Crippen molar-refractivity contribution in [3.05, 3.63) is 52.4 Å². The summed E-state index contributed by atoms with van der Waals surface area (Å²) in [5, 5.41) is 0.